The zero-order valence-electron chi connectivity index (χ0n) is 13.9. The smallest absolute Gasteiger partial charge is 0.0230 e. The molecule has 2 unspecified atom stereocenters. The molecule has 0 radical (unpaired) electrons. The molecule has 0 aromatic heterocycles. The molecule has 0 N–H and O–H groups in total. The van der Waals surface area contributed by atoms with Crippen LogP contribution in [0.5, 0.6) is 0 Å². The Bertz CT molecular complexity index is 593. The van der Waals surface area contributed by atoms with Gasteiger partial charge >= 0.3 is 0 Å². The lowest BCUT2D eigenvalue weighted by molar-refractivity contribution is 0.322. The summed E-state index contributed by atoms with van der Waals surface area (Å²) in [6.07, 6.45) is 5.04. The number of alkyl halides is 1. The van der Waals surface area contributed by atoms with Crippen LogP contribution < -0.4 is 0 Å². The Morgan fingerprint density at radius 2 is 1.70 bits per heavy atom. The number of aryl methyl sites for hydroxylation is 1. The normalized spacial score (nSPS) is 20.5. The molecule has 2 atom stereocenters. The summed E-state index contributed by atoms with van der Waals surface area (Å²) in [6, 6.07) is 20.0. The average molecular weight is 372 g/mol. The highest BCUT2D eigenvalue weighted by Gasteiger charge is 2.29. The Labute approximate surface area is 148 Å². The van der Waals surface area contributed by atoms with Crippen molar-refractivity contribution in [3.8, 4) is 0 Å². The lowest BCUT2D eigenvalue weighted by atomic mass is 9.79. The van der Waals surface area contributed by atoms with Crippen molar-refractivity contribution in [3.05, 3.63) is 71.3 Å². The Hall–Kier alpha value is -1.12. The number of nitrogens with zero attached hydrogens (tertiary/aromatic N) is 1. The van der Waals surface area contributed by atoms with Crippen LogP contribution in [0.1, 0.15) is 41.9 Å². The molecule has 0 heterocycles. The van der Waals surface area contributed by atoms with Gasteiger partial charge in [0, 0.05) is 11.4 Å². The highest BCUT2D eigenvalue weighted by molar-refractivity contribution is 9.09. The van der Waals surface area contributed by atoms with Gasteiger partial charge < -0.3 is 4.90 Å². The van der Waals surface area contributed by atoms with E-state index in [1.54, 1.807) is 0 Å². The highest BCUT2D eigenvalue weighted by atomic mass is 79.9. The fourth-order valence-corrected chi connectivity index (χ4v) is 4.13. The molecular formula is C21H26BrN. The summed E-state index contributed by atoms with van der Waals surface area (Å²) in [5.74, 6) is 0.737. The molecule has 1 nitrogen and oxygen atoms in total. The maximum absolute atomic E-state index is 3.76. The summed E-state index contributed by atoms with van der Waals surface area (Å²) in [6.45, 7) is 2.18. The van der Waals surface area contributed by atoms with E-state index in [2.05, 4.69) is 82.5 Å². The molecule has 3 rings (SSSR count). The van der Waals surface area contributed by atoms with Gasteiger partial charge in [-0.3, -0.25) is 0 Å². The Balaban J connectivity index is 1.41. The van der Waals surface area contributed by atoms with Gasteiger partial charge in [0.15, 0.2) is 0 Å². The van der Waals surface area contributed by atoms with Crippen molar-refractivity contribution >= 4 is 15.9 Å². The van der Waals surface area contributed by atoms with E-state index in [0.717, 1.165) is 19.0 Å². The van der Waals surface area contributed by atoms with Gasteiger partial charge in [-0.05, 0) is 61.9 Å². The van der Waals surface area contributed by atoms with Crippen molar-refractivity contribution in [1.29, 1.82) is 0 Å². The SMILES string of the molecule is CN(CCCc1ccc(C2CCC2Br)cc1)Cc1ccccc1. The first kappa shape index (κ1) is 16.7. The minimum absolute atomic E-state index is 0.694. The van der Waals surface area contributed by atoms with Crippen molar-refractivity contribution < 1.29 is 0 Å². The van der Waals surface area contributed by atoms with Crippen LogP contribution in [0.25, 0.3) is 0 Å². The van der Waals surface area contributed by atoms with E-state index >= 15 is 0 Å². The fourth-order valence-electron chi connectivity index (χ4n) is 3.29. The predicted molar refractivity (Wildman–Crippen MR) is 102 cm³/mol. The monoisotopic (exact) mass is 371 g/mol. The van der Waals surface area contributed by atoms with Crippen LogP contribution >= 0.6 is 15.9 Å². The predicted octanol–water partition coefficient (Wildman–Crippen LogP) is 5.39. The third-order valence-corrected chi connectivity index (χ3v) is 5.99. The van der Waals surface area contributed by atoms with Crippen LogP contribution in [-0.2, 0) is 13.0 Å². The quantitative estimate of drug-likeness (QED) is 0.589. The number of rotatable bonds is 7. The summed E-state index contributed by atoms with van der Waals surface area (Å²) in [5, 5.41) is 0. The summed E-state index contributed by atoms with van der Waals surface area (Å²) in [4.78, 5) is 3.10. The molecule has 0 bridgehead atoms. The molecule has 2 heteroatoms. The first-order valence-corrected chi connectivity index (χ1v) is 9.59. The largest absolute Gasteiger partial charge is 0.302 e. The van der Waals surface area contributed by atoms with Crippen molar-refractivity contribution in [1.82, 2.24) is 4.90 Å². The van der Waals surface area contributed by atoms with E-state index in [4.69, 9.17) is 0 Å². The number of benzene rings is 2. The van der Waals surface area contributed by atoms with E-state index in [9.17, 15) is 0 Å². The zero-order valence-corrected chi connectivity index (χ0v) is 15.5. The lowest BCUT2D eigenvalue weighted by Gasteiger charge is -2.32. The molecule has 0 amide bonds. The van der Waals surface area contributed by atoms with Crippen LogP contribution in [0.3, 0.4) is 0 Å². The van der Waals surface area contributed by atoms with E-state index in [0.29, 0.717) is 4.83 Å². The Morgan fingerprint density at radius 3 is 2.30 bits per heavy atom. The third-order valence-electron chi connectivity index (χ3n) is 4.90. The van der Waals surface area contributed by atoms with Crippen LogP contribution in [0, 0.1) is 0 Å². The van der Waals surface area contributed by atoms with Crippen molar-refractivity contribution in [3.63, 3.8) is 0 Å². The molecule has 1 aliphatic rings. The number of hydrogen-bond acceptors (Lipinski definition) is 1. The zero-order chi connectivity index (χ0) is 16.1. The van der Waals surface area contributed by atoms with Gasteiger partial charge in [0.2, 0.25) is 0 Å². The molecule has 2 aromatic rings. The van der Waals surface area contributed by atoms with Crippen molar-refractivity contribution in [2.24, 2.45) is 0 Å². The van der Waals surface area contributed by atoms with Gasteiger partial charge in [-0.1, -0.05) is 70.5 Å². The summed E-state index contributed by atoms with van der Waals surface area (Å²) < 4.78 is 0. The third kappa shape index (κ3) is 4.68. The average Bonchev–Trinajstić information content (AvgIpc) is 2.56. The molecule has 0 spiro atoms. The maximum atomic E-state index is 3.76. The van der Waals surface area contributed by atoms with Crippen LogP contribution in [0.4, 0.5) is 0 Å². The van der Waals surface area contributed by atoms with E-state index in [1.807, 2.05) is 0 Å². The minimum Gasteiger partial charge on any atom is -0.302 e. The first-order chi connectivity index (χ1) is 11.2. The highest BCUT2D eigenvalue weighted by Crippen LogP contribution is 2.41. The van der Waals surface area contributed by atoms with Gasteiger partial charge in [-0.2, -0.15) is 0 Å². The Morgan fingerprint density at radius 1 is 0.957 bits per heavy atom. The summed E-state index contributed by atoms with van der Waals surface area (Å²) in [5.41, 5.74) is 4.36. The van der Waals surface area contributed by atoms with E-state index in [1.165, 1.54) is 42.4 Å². The second-order valence-corrected chi connectivity index (χ2v) is 7.94. The van der Waals surface area contributed by atoms with Gasteiger partial charge in [-0.25, -0.2) is 0 Å². The molecule has 2 aromatic carbocycles. The molecular weight excluding hydrogens is 346 g/mol. The second-order valence-electron chi connectivity index (χ2n) is 6.77. The Kier molecular flexibility index (Phi) is 5.91. The van der Waals surface area contributed by atoms with Crippen LogP contribution in [-0.4, -0.2) is 23.3 Å². The van der Waals surface area contributed by atoms with Crippen LogP contribution in [0.15, 0.2) is 54.6 Å². The summed E-state index contributed by atoms with van der Waals surface area (Å²) >= 11 is 3.76. The van der Waals surface area contributed by atoms with Gasteiger partial charge in [-0.15, -0.1) is 0 Å². The first-order valence-electron chi connectivity index (χ1n) is 8.68. The van der Waals surface area contributed by atoms with Crippen LogP contribution in [0.2, 0.25) is 0 Å². The summed E-state index contributed by atoms with van der Waals surface area (Å²) in [7, 11) is 2.21. The molecule has 1 saturated carbocycles. The standard InChI is InChI=1S/C21H26BrN/c1-23(16-18-6-3-2-4-7-18)15-5-8-17-9-11-19(12-10-17)20-13-14-21(20)22/h2-4,6-7,9-12,20-21H,5,8,13-16H2,1H3. The number of hydrogen-bond donors (Lipinski definition) is 0. The molecule has 1 fully saturated rings. The molecule has 23 heavy (non-hydrogen) atoms. The maximum Gasteiger partial charge on any atom is 0.0230 e. The number of halogens is 1. The lowest BCUT2D eigenvalue weighted by Crippen LogP contribution is -2.23. The fraction of sp³-hybridized carbons (Fsp3) is 0.429. The topological polar surface area (TPSA) is 3.24 Å². The van der Waals surface area contributed by atoms with Gasteiger partial charge in [0.05, 0.1) is 0 Å². The van der Waals surface area contributed by atoms with Gasteiger partial charge in [0.1, 0.15) is 0 Å². The van der Waals surface area contributed by atoms with E-state index < -0.39 is 0 Å². The van der Waals surface area contributed by atoms with Crippen molar-refractivity contribution in [2.75, 3.05) is 13.6 Å². The molecule has 0 saturated heterocycles. The second kappa shape index (κ2) is 8.12. The minimum atomic E-state index is 0.694. The van der Waals surface area contributed by atoms with Crippen molar-refractivity contribution in [2.45, 2.75) is 43.0 Å². The van der Waals surface area contributed by atoms with E-state index in [-0.39, 0.29) is 0 Å². The molecule has 1 aliphatic carbocycles. The van der Waals surface area contributed by atoms with Gasteiger partial charge in [0.25, 0.3) is 0 Å². The molecule has 0 aliphatic heterocycles. The molecule has 122 valence electrons.